The van der Waals surface area contributed by atoms with Crippen LogP contribution in [0.15, 0.2) is 18.2 Å². The number of phenols is 1. The number of ether oxygens (including phenoxy) is 3. The first-order valence-electron chi connectivity index (χ1n) is 5.77. The van der Waals surface area contributed by atoms with Gasteiger partial charge in [-0.2, -0.15) is 0 Å². The Labute approximate surface area is 108 Å². The molecule has 0 saturated carbocycles. The zero-order chi connectivity index (χ0) is 13.5. The predicted octanol–water partition coefficient (Wildman–Crippen LogP) is 1.50. The molecule has 5 heteroatoms. The molecule has 0 aromatic heterocycles. The fraction of sp³-hybridized carbons (Fsp3) is 0.538. The Hall–Kier alpha value is -1.30. The molecule has 0 aliphatic heterocycles. The fourth-order valence-electron chi connectivity index (χ4n) is 1.69. The molecule has 0 aliphatic carbocycles. The number of hydrogen-bond donors (Lipinski definition) is 2. The summed E-state index contributed by atoms with van der Waals surface area (Å²) >= 11 is 0. The van der Waals surface area contributed by atoms with E-state index in [0.29, 0.717) is 12.3 Å². The van der Waals surface area contributed by atoms with E-state index in [1.54, 1.807) is 27.4 Å². The predicted molar refractivity (Wildman–Crippen MR) is 68.8 cm³/mol. The maximum atomic E-state index is 9.81. The van der Waals surface area contributed by atoms with Crippen molar-refractivity contribution in [3.63, 3.8) is 0 Å². The van der Waals surface area contributed by atoms with Crippen molar-refractivity contribution in [2.24, 2.45) is 0 Å². The van der Waals surface area contributed by atoms with E-state index in [2.05, 4.69) is 5.32 Å². The van der Waals surface area contributed by atoms with Gasteiger partial charge in [0.2, 0.25) is 0 Å². The molecule has 0 radical (unpaired) electrons. The third-order valence-corrected chi connectivity index (χ3v) is 2.78. The van der Waals surface area contributed by atoms with Crippen molar-refractivity contribution in [3.05, 3.63) is 23.8 Å². The number of phenolic OH excluding ortho intramolecular Hbond substituents is 1. The zero-order valence-corrected chi connectivity index (χ0v) is 11.3. The fourth-order valence-corrected chi connectivity index (χ4v) is 1.69. The first kappa shape index (κ1) is 14.8. The second-order valence-corrected chi connectivity index (χ2v) is 4.00. The maximum Gasteiger partial charge on any atom is 0.171 e. The number of aromatic hydroxyl groups is 1. The lowest BCUT2D eigenvalue weighted by molar-refractivity contribution is -0.119. The molecule has 102 valence electrons. The van der Waals surface area contributed by atoms with E-state index >= 15 is 0 Å². The van der Waals surface area contributed by atoms with Crippen LogP contribution in [0.5, 0.6) is 11.5 Å². The van der Waals surface area contributed by atoms with E-state index < -0.39 is 0 Å². The van der Waals surface area contributed by atoms with Gasteiger partial charge < -0.3 is 24.6 Å². The molecular formula is C13H21NO4. The Bertz CT molecular complexity index is 366. The maximum absolute atomic E-state index is 9.81. The highest BCUT2D eigenvalue weighted by atomic mass is 16.7. The van der Waals surface area contributed by atoms with Gasteiger partial charge in [-0.25, -0.2) is 0 Å². The van der Waals surface area contributed by atoms with Gasteiger partial charge in [-0.15, -0.1) is 0 Å². The molecule has 0 amide bonds. The Morgan fingerprint density at radius 1 is 1.22 bits per heavy atom. The van der Waals surface area contributed by atoms with Gasteiger partial charge in [-0.05, 0) is 13.0 Å². The van der Waals surface area contributed by atoms with Crippen LogP contribution in [0.3, 0.4) is 0 Å². The molecule has 1 unspecified atom stereocenters. The van der Waals surface area contributed by atoms with Crippen molar-refractivity contribution in [3.8, 4) is 11.5 Å². The molecule has 2 N–H and O–H groups in total. The summed E-state index contributed by atoms with van der Waals surface area (Å²) in [4.78, 5) is 0. The van der Waals surface area contributed by atoms with E-state index in [1.807, 2.05) is 19.1 Å². The van der Waals surface area contributed by atoms with Crippen molar-refractivity contribution in [2.75, 3.05) is 21.3 Å². The molecule has 0 fully saturated rings. The molecule has 0 heterocycles. The summed E-state index contributed by atoms with van der Waals surface area (Å²) < 4.78 is 15.3. The summed E-state index contributed by atoms with van der Waals surface area (Å²) in [6.45, 7) is 2.48. The van der Waals surface area contributed by atoms with Gasteiger partial charge in [0.1, 0.15) is 11.5 Å². The van der Waals surface area contributed by atoms with Gasteiger partial charge in [-0.1, -0.05) is 6.07 Å². The van der Waals surface area contributed by atoms with Crippen LogP contribution in [0.4, 0.5) is 0 Å². The lowest BCUT2D eigenvalue weighted by Crippen LogP contribution is -2.39. The Balaban J connectivity index is 2.58. The van der Waals surface area contributed by atoms with Crippen LogP contribution in [-0.2, 0) is 16.0 Å². The van der Waals surface area contributed by atoms with Crippen molar-refractivity contribution < 1.29 is 19.3 Å². The average Bonchev–Trinajstić information content (AvgIpc) is 2.38. The molecule has 1 aromatic rings. The Morgan fingerprint density at radius 2 is 1.89 bits per heavy atom. The highest BCUT2D eigenvalue weighted by molar-refractivity contribution is 5.39. The molecular weight excluding hydrogens is 234 g/mol. The number of hydrogen-bond acceptors (Lipinski definition) is 5. The van der Waals surface area contributed by atoms with Gasteiger partial charge in [-0.3, -0.25) is 0 Å². The number of nitrogens with one attached hydrogen (secondary N) is 1. The molecule has 0 aliphatic rings. The number of benzene rings is 1. The molecule has 1 aromatic carbocycles. The van der Waals surface area contributed by atoms with E-state index in [1.165, 1.54) is 0 Å². The van der Waals surface area contributed by atoms with Crippen molar-refractivity contribution in [1.29, 1.82) is 0 Å². The molecule has 1 atom stereocenters. The van der Waals surface area contributed by atoms with Crippen LogP contribution < -0.4 is 10.1 Å². The minimum Gasteiger partial charge on any atom is -0.507 e. The van der Waals surface area contributed by atoms with Crippen molar-refractivity contribution >= 4 is 0 Å². The molecule has 0 bridgehead atoms. The third-order valence-electron chi connectivity index (χ3n) is 2.78. The minimum atomic E-state index is -0.314. The monoisotopic (exact) mass is 255 g/mol. The summed E-state index contributed by atoms with van der Waals surface area (Å²) in [5, 5.41) is 13.0. The topological polar surface area (TPSA) is 60.0 Å². The van der Waals surface area contributed by atoms with Crippen LogP contribution in [0.1, 0.15) is 12.5 Å². The van der Waals surface area contributed by atoms with E-state index in [-0.39, 0.29) is 18.1 Å². The SMILES string of the molecule is COc1ccc(CNC(C)C(OC)OC)c(O)c1. The summed E-state index contributed by atoms with van der Waals surface area (Å²) in [7, 11) is 4.75. The van der Waals surface area contributed by atoms with Gasteiger partial charge in [0.15, 0.2) is 6.29 Å². The van der Waals surface area contributed by atoms with Crippen LogP contribution in [0, 0.1) is 0 Å². The average molecular weight is 255 g/mol. The van der Waals surface area contributed by atoms with Crippen LogP contribution in [-0.4, -0.2) is 38.8 Å². The first-order chi connectivity index (χ1) is 8.62. The second-order valence-electron chi connectivity index (χ2n) is 4.00. The highest BCUT2D eigenvalue weighted by Crippen LogP contribution is 2.23. The van der Waals surface area contributed by atoms with Crippen LogP contribution >= 0.6 is 0 Å². The summed E-state index contributed by atoms with van der Waals surface area (Å²) in [6, 6.07) is 5.24. The quantitative estimate of drug-likeness (QED) is 0.723. The van der Waals surface area contributed by atoms with Gasteiger partial charge >= 0.3 is 0 Å². The Kier molecular flexibility index (Phi) is 5.91. The molecule has 1 rings (SSSR count). The number of rotatable bonds is 7. The standard InChI is InChI=1S/C13H21NO4/c1-9(13(17-3)18-4)14-8-10-5-6-11(16-2)7-12(10)15/h5-7,9,13-15H,8H2,1-4H3. The van der Waals surface area contributed by atoms with E-state index in [9.17, 15) is 5.11 Å². The zero-order valence-electron chi connectivity index (χ0n) is 11.3. The second kappa shape index (κ2) is 7.20. The van der Waals surface area contributed by atoms with Crippen LogP contribution in [0.2, 0.25) is 0 Å². The minimum absolute atomic E-state index is 0.0153. The third kappa shape index (κ3) is 3.87. The molecule has 0 saturated heterocycles. The van der Waals surface area contributed by atoms with Crippen molar-refractivity contribution in [1.82, 2.24) is 5.32 Å². The Morgan fingerprint density at radius 3 is 2.39 bits per heavy atom. The normalized spacial score (nSPS) is 12.7. The van der Waals surface area contributed by atoms with E-state index in [0.717, 1.165) is 5.56 Å². The first-order valence-corrected chi connectivity index (χ1v) is 5.77. The largest absolute Gasteiger partial charge is 0.507 e. The smallest absolute Gasteiger partial charge is 0.171 e. The van der Waals surface area contributed by atoms with Crippen LogP contribution in [0.25, 0.3) is 0 Å². The molecule has 18 heavy (non-hydrogen) atoms. The van der Waals surface area contributed by atoms with E-state index in [4.69, 9.17) is 14.2 Å². The van der Waals surface area contributed by atoms with Crippen molar-refractivity contribution in [2.45, 2.75) is 25.8 Å². The lowest BCUT2D eigenvalue weighted by Gasteiger charge is -2.22. The summed E-state index contributed by atoms with van der Waals surface area (Å²) in [6.07, 6.45) is -0.314. The van der Waals surface area contributed by atoms with Gasteiger partial charge in [0, 0.05) is 32.4 Å². The summed E-state index contributed by atoms with van der Waals surface area (Å²) in [5.41, 5.74) is 0.800. The van der Waals surface area contributed by atoms with Gasteiger partial charge in [0.25, 0.3) is 0 Å². The summed E-state index contributed by atoms with van der Waals surface area (Å²) in [5.74, 6) is 0.844. The highest BCUT2D eigenvalue weighted by Gasteiger charge is 2.15. The lowest BCUT2D eigenvalue weighted by atomic mass is 10.2. The number of methoxy groups -OCH3 is 3. The molecule has 0 spiro atoms. The molecule has 5 nitrogen and oxygen atoms in total. The van der Waals surface area contributed by atoms with Gasteiger partial charge in [0.05, 0.1) is 13.2 Å².